The van der Waals surface area contributed by atoms with Gasteiger partial charge >= 0.3 is 0 Å². The molecule has 0 bridgehead atoms. The van der Waals surface area contributed by atoms with E-state index in [1.807, 2.05) is 0 Å². The van der Waals surface area contributed by atoms with E-state index in [9.17, 15) is 0 Å². The SMILES string of the molecule is CCNC(=NCc1sccc1C)NCCOCC(C)C.I. The van der Waals surface area contributed by atoms with Gasteiger partial charge in [0.25, 0.3) is 0 Å². The predicted molar refractivity (Wildman–Crippen MR) is 103 cm³/mol. The van der Waals surface area contributed by atoms with Gasteiger partial charge in [-0.25, -0.2) is 4.99 Å². The minimum Gasteiger partial charge on any atom is -0.379 e. The molecule has 0 aliphatic heterocycles. The first-order valence-corrected chi connectivity index (χ1v) is 8.14. The summed E-state index contributed by atoms with van der Waals surface area (Å²) in [6.07, 6.45) is 0. The Bertz CT molecular complexity index is 407. The maximum atomic E-state index is 5.55. The number of aryl methyl sites for hydroxylation is 1. The van der Waals surface area contributed by atoms with Gasteiger partial charge in [-0.2, -0.15) is 0 Å². The Morgan fingerprint density at radius 2 is 2.14 bits per heavy atom. The van der Waals surface area contributed by atoms with Crippen molar-refractivity contribution in [3.63, 3.8) is 0 Å². The lowest BCUT2D eigenvalue weighted by Gasteiger charge is -2.12. The molecular weight excluding hydrogens is 397 g/mol. The molecule has 0 spiro atoms. The molecule has 0 radical (unpaired) electrons. The molecule has 2 N–H and O–H groups in total. The van der Waals surface area contributed by atoms with E-state index < -0.39 is 0 Å². The number of hydrogen-bond acceptors (Lipinski definition) is 3. The lowest BCUT2D eigenvalue weighted by Crippen LogP contribution is -2.39. The second-order valence-corrected chi connectivity index (χ2v) is 6.12. The van der Waals surface area contributed by atoms with Crippen LogP contribution in [0, 0.1) is 12.8 Å². The van der Waals surface area contributed by atoms with Crippen LogP contribution in [0.5, 0.6) is 0 Å². The Hall–Kier alpha value is -0.340. The highest BCUT2D eigenvalue weighted by molar-refractivity contribution is 14.0. The monoisotopic (exact) mass is 425 g/mol. The topological polar surface area (TPSA) is 45.7 Å². The zero-order valence-electron chi connectivity index (χ0n) is 13.4. The molecule has 4 nitrogen and oxygen atoms in total. The van der Waals surface area contributed by atoms with Crippen LogP contribution in [0.15, 0.2) is 16.4 Å². The summed E-state index contributed by atoms with van der Waals surface area (Å²) in [7, 11) is 0. The molecule has 0 aromatic carbocycles. The molecule has 0 fully saturated rings. The summed E-state index contributed by atoms with van der Waals surface area (Å²) in [5.41, 5.74) is 1.31. The third-order valence-electron chi connectivity index (χ3n) is 2.68. The van der Waals surface area contributed by atoms with Crippen molar-refractivity contribution in [1.82, 2.24) is 10.6 Å². The van der Waals surface area contributed by atoms with Crippen LogP contribution in [0.4, 0.5) is 0 Å². The Labute approximate surface area is 149 Å². The van der Waals surface area contributed by atoms with E-state index in [1.54, 1.807) is 11.3 Å². The van der Waals surface area contributed by atoms with Gasteiger partial charge in [0.1, 0.15) is 0 Å². The van der Waals surface area contributed by atoms with Crippen LogP contribution in [0.3, 0.4) is 0 Å². The normalized spacial score (nSPS) is 11.4. The maximum absolute atomic E-state index is 5.55. The number of halogens is 1. The van der Waals surface area contributed by atoms with Crippen LogP contribution in [0.2, 0.25) is 0 Å². The van der Waals surface area contributed by atoms with Gasteiger partial charge in [0, 0.05) is 24.6 Å². The number of aliphatic imine (C=N–C) groups is 1. The summed E-state index contributed by atoms with van der Waals surface area (Å²) in [5.74, 6) is 1.44. The van der Waals surface area contributed by atoms with E-state index in [0.29, 0.717) is 12.5 Å². The number of thiophene rings is 1. The summed E-state index contributed by atoms with van der Waals surface area (Å²) >= 11 is 1.76. The molecule has 122 valence electrons. The molecule has 1 rings (SSSR count). The summed E-state index contributed by atoms with van der Waals surface area (Å²) in [6, 6.07) is 2.13. The number of nitrogens with zero attached hydrogens (tertiary/aromatic N) is 1. The summed E-state index contributed by atoms with van der Waals surface area (Å²) in [4.78, 5) is 5.92. The molecule has 0 saturated heterocycles. The van der Waals surface area contributed by atoms with Gasteiger partial charge in [0.05, 0.1) is 13.2 Å². The fraction of sp³-hybridized carbons (Fsp3) is 0.667. The summed E-state index contributed by atoms with van der Waals surface area (Å²) in [5, 5.41) is 8.66. The maximum Gasteiger partial charge on any atom is 0.191 e. The molecule has 0 unspecified atom stereocenters. The van der Waals surface area contributed by atoms with Crippen molar-refractivity contribution in [3.8, 4) is 0 Å². The molecule has 21 heavy (non-hydrogen) atoms. The van der Waals surface area contributed by atoms with E-state index in [1.165, 1.54) is 10.4 Å². The molecule has 1 aromatic rings. The number of hydrogen-bond donors (Lipinski definition) is 2. The molecule has 0 aliphatic carbocycles. The number of rotatable bonds is 8. The molecule has 0 atom stereocenters. The number of ether oxygens (including phenoxy) is 1. The molecule has 1 heterocycles. The van der Waals surface area contributed by atoms with E-state index in [4.69, 9.17) is 4.74 Å². The van der Waals surface area contributed by atoms with Crippen molar-refractivity contribution in [1.29, 1.82) is 0 Å². The highest BCUT2D eigenvalue weighted by Crippen LogP contribution is 2.16. The van der Waals surface area contributed by atoms with Crippen molar-refractivity contribution in [2.45, 2.75) is 34.2 Å². The average Bonchev–Trinajstić information content (AvgIpc) is 2.80. The Morgan fingerprint density at radius 1 is 1.38 bits per heavy atom. The molecule has 0 saturated carbocycles. The summed E-state index contributed by atoms with van der Waals surface area (Å²) in [6.45, 7) is 12.4. The highest BCUT2D eigenvalue weighted by Gasteiger charge is 2.01. The highest BCUT2D eigenvalue weighted by atomic mass is 127. The van der Waals surface area contributed by atoms with Crippen LogP contribution in [-0.4, -0.2) is 32.3 Å². The minimum absolute atomic E-state index is 0. The zero-order valence-corrected chi connectivity index (χ0v) is 16.6. The Kier molecular flexibility index (Phi) is 12.0. The van der Waals surface area contributed by atoms with Gasteiger partial charge in [0.2, 0.25) is 0 Å². The van der Waals surface area contributed by atoms with Crippen molar-refractivity contribution < 1.29 is 4.74 Å². The average molecular weight is 425 g/mol. The van der Waals surface area contributed by atoms with Gasteiger partial charge in [0.15, 0.2) is 5.96 Å². The molecule has 1 aromatic heterocycles. The Balaban J connectivity index is 0.00000400. The van der Waals surface area contributed by atoms with Crippen LogP contribution in [0.25, 0.3) is 0 Å². The summed E-state index contributed by atoms with van der Waals surface area (Å²) < 4.78 is 5.55. The molecule has 0 amide bonds. The second-order valence-electron chi connectivity index (χ2n) is 5.12. The van der Waals surface area contributed by atoms with Gasteiger partial charge in [-0.1, -0.05) is 13.8 Å². The van der Waals surface area contributed by atoms with Crippen molar-refractivity contribution in [2.24, 2.45) is 10.9 Å². The molecular formula is C15H28IN3OS. The van der Waals surface area contributed by atoms with E-state index in [-0.39, 0.29) is 24.0 Å². The Morgan fingerprint density at radius 3 is 2.71 bits per heavy atom. The first-order chi connectivity index (χ1) is 9.63. The number of guanidine groups is 1. The van der Waals surface area contributed by atoms with Gasteiger partial charge in [-0.05, 0) is 36.8 Å². The lowest BCUT2D eigenvalue weighted by molar-refractivity contribution is 0.114. The fourth-order valence-corrected chi connectivity index (χ4v) is 2.45. The van der Waals surface area contributed by atoms with Crippen molar-refractivity contribution in [2.75, 3.05) is 26.3 Å². The van der Waals surface area contributed by atoms with Gasteiger partial charge in [-0.3, -0.25) is 0 Å². The van der Waals surface area contributed by atoms with Crippen molar-refractivity contribution >= 4 is 41.3 Å². The quantitative estimate of drug-likeness (QED) is 0.291. The van der Waals surface area contributed by atoms with Crippen LogP contribution in [-0.2, 0) is 11.3 Å². The second kappa shape index (κ2) is 12.2. The van der Waals surface area contributed by atoms with Crippen molar-refractivity contribution in [3.05, 3.63) is 21.9 Å². The smallest absolute Gasteiger partial charge is 0.191 e. The lowest BCUT2D eigenvalue weighted by atomic mass is 10.2. The van der Waals surface area contributed by atoms with Gasteiger partial charge in [-0.15, -0.1) is 35.3 Å². The molecule has 6 heteroatoms. The largest absolute Gasteiger partial charge is 0.379 e. The predicted octanol–water partition coefficient (Wildman–Crippen LogP) is 3.40. The third kappa shape index (κ3) is 9.31. The molecule has 0 aliphatic rings. The zero-order chi connectivity index (χ0) is 14.8. The van der Waals surface area contributed by atoms with Crippen LogP contribution in [0.1, 0.15) is 31.2 Å². The van der Waals surface area contributed by atoms with E-state index >= 15 is 0 Å². The van der Waals surface area contributed by atoms with E-state index in [2.05, 4.69) is 54.8 Å². The van der Waals surface area contributed by atoms with Crippen LogP contribution < -0.4 is 10.6 Å². The first-order valence-electron chi connectivity index (χ1n) is 7.26. The first kappa shape index (κ1) is 20.7. The third-order valence-corrected chi connectivity index (χ3v) is 3.69. The fourth-order valence-electron chi connectivity index (χ4n) is 1.62. The standard InChI is InChI=1S/C15H27N3OS.HI/c1-5-16-15(17-7-8-19-11-12(2)3)18-10-14-13(4)6-9-20-14;/h6,9,12H,5,7-8,10-11H2,1-4H3,(H2,16,17,18);1H. The van der Waals surface area contributed by atoms with Crippen LogP contribution >= 0.6 is 35.3 Å². The number of nitrogens with one attached hydrogen (secondary N) is 2. The van der Waals surface area contributed by atoms with Gasteiger partial charge < -0.3 is 15.4 Å². The van der Waals surface area contributed by atoms with E-state index in [0.717, 1.165) is 32.2 Å². The minimum atomic E-state index is 0.